The van der Waals surface area contributed by atoms with Gasteiger partial charge in [-0.15, -0.1) is 0 Å². The first-order chi connectivity index (χ1) is 8.00. The Morgan fingerprint density at radius 1 is 1.41 bits per heavy atom. The predicted molar refractivity (Wildman–Crippen MR) is 58.3 cm³/mol. The van der Waals surface area contributed by atoms with E-state index in [4.69, 9.17) is 9.52 Å². The molecule has 1 heterocycles. The van der Waals surface area contributed by atoms with Crippen molar-refractivity contribution in [3.63, 3.8) is 0 Å². The lowest BCUT2D eigenvalue weighted by Crippen LogP contribution is -1.98. The topological polar surface area (TPSA) is 63.3 Å². The highest BCUT2D eigenvalue weighted by atomic mass is 19.1. The Kier molecular flexibility index (Phi) is 2.67. The van der Waals surface area contributed by atoms with Gasteiger partial charge in [0.25, 0.3) is 0 Å². The van der Waals surface area contributed by atoms with Gasteiger partial charge in [0.15, 0.2) is 5.69 Å². The highest BCUT2D eigenvalue weighted by Crippen LogP contribution is 2.25. The minimum Gasteiger partial charge on any atom is -0.476 e. The van der Waals surface area contributed by atoms with E-state index in [1.165, 1.54) is 13.0 Å². The molecule has 2 aromatic rings. The molecule has 1 N–H and O–H groups in total. The van der Waals surface area contributed by atoms with E-state index >= 15 is 0 Å². The van der Waals surface area contributed by atoms with Crippen molar-refractivity contribution >= 4 is 5.97 Å². The molecule has 0 aliphatic carbocycles. The van der Waals surface area contributed by atoms with Crippen LogP contribution < -0.4 is 0 Å². The molecule has 0 bridgehead atoms. The van der Waals surface area contributed by atoms with Gasteiger partial charge < -0.3 is 9.52 Å². The Labute approximate surface area is 96.7 Å². The number of carboxylic acid groups (broad SMARTS) is 1. The lowest BCUT2D eigenvalue weighted by atomic mass is 10.1. The Bertz CT molecular complexity index is 589. The molecule has 0 aliphatic rings. The number of carboxylic acids is 1. The highest BCUT2D eigenvalue weighted by molar-refractivity contribution is 5.87. The van der Waals surface area contributed by atoms with Crippen molar-refractivity contribution in [3.05, 3.63) is 41.0 Å². The first-order valence-corrected chi connectivity index (χ1v) is 4.97. The molecule has 0 atom stereocenters. The van der Waals surface area contributed by atoms with Crippen LogP contribution in [0.2, 0.25) is 0 Å². The largest absolute Gasteiger partial charge is 0.476 e. The standard InChI is InChI=1S/C12H10FNO3/c1-6-4-3-5-8(9(6)13)11-14-10(12(15)16)7(2)17-11/h3-5H,1-2H3,(H,15,16). The summed E-state index contributed by atoms with van der Waals surface area (Å²) in [5.41, 5.74) is 0.428. The van der Waals surface area contributed by atoms with E-state index in [0.717, 1.165) is 0 Å². The SMILES string of the molecule is Cc1cccc(-c2nc(C(=O)O)c(C)o2)c1F. The molecule has 4 nitrogen and oxygen atoms in total. The normalized spacial score (nSPS) is 10.5. The fraction of sp³-hybridized carbons (Fsp3) is 0.167. The summed E-state index contributed by atoms with van der Waals surface area (Å²) in [5, 5.41) is 8.83. The quantitative estimate of drug-likeness (QED) is 0.869. The lowest BCUT2D eigenvalue weighted by molar-refractivity contribution is 0.0689. The molecule has 0 spiro atoms. The number of hydrogen-bond acceptors (Lipinski definition) is 3. The summed E-state index contributed by atoms with van der Waals surface area (Å²) in [6.07, 6.45) is 0. The maximum atomic E-state index is 13.8. The number of benzene rings is 1. The van der Waals surface area contributed by atoms with Gasteiger partial charge in [0, 0.05) is 0 Å². The van der Waals surface area contributed by atoms with Crippen LogP contribution in [-0.2, 0) is 0 Å². The van der Waals surface area contributed by atoms with Crippen molar-refractivity contribution in [2.24, 2.45) is 0 Å². The first kappa shape index (κ1) is 11.3. The van der Waals surface area contributed by atoms with E-state index in [-0.39, 0.29) is 22.9 Å². The molecule has 88 valence electrons. The molecular formula is C12H10FNO3. The molecule has 1 aromatic heterocycles. The Morgan fingerprint density at radius 3 is 2.71 bits per heavy atom. The zero-order chi connectivity index (χ0) is 12.6. The summed E-state index contributed by atoms with van der Waals surface area (Å²) < 4.78 is 18.9. The van der Waals surface area contributed by atoms with Gasteiger partial charge in [-0.2, -0.15) is 0 Å². The number of oxazole rings is 1. The monoisotopic (exact) mass is 235 g/mol. The number of nitrogens with zero attached hydrogens (tertiary/aromatic N) is 1. The van der Waals surface area contributed by atoms with Gasteiger partial charge in [0.05, 0.1) is 5.56 Å². The van der Waals surface area contributed by atoms with Crippen molar-refractivity contribution in [2.75, 3.05) is 0 Å². The second-order valence-corrected chi connectivity index (χ2v) is 3.67. The minimum atomic E-state index is -1.19. The highest BCUT2D eigenvalue weighted by Gasteiger charge is 2.19. The van der Waals surface area contributed by atoms with Crippen LogP contribution in [0, 0.1) is 19.7 Å². The smallest absolute Gasteiger partial charge is 0.358 e. The number of aromatic nitrogens is 1. The van der Waals surface area contributed by atoms with Crippen LogP contribution in [-0.4, -0.2) is 16.1 Å². The molecule has 0 saturated heterocycles. The van der Waals surface area contributed by atoms with Crippen LogP contribution in [0.3, 0.4) is 0 Å². The first-order valence-electron chi connectivity index (χ1n) is 4.97. The zero-order valence-electron chi connectivity index (χ0n) is 9.32. The third-order valence-corrected chi connectivity index (χ3v) is 2.42. The van der Waals surface area contributed by atoms with Gasteiger partial charge in [-0.1, -0.05) is 12.1 Å². The van der Waals surface area contributed by atoms with Crippen LogP contribution in [0.1, 0.15) is 21.8 Å². The molecule has 0 radical (unpaired) electrons. The number of hydrogen-bond donors (Lipinski definition) is 1. The molecule has 0 saturated carbocycles. The molecule has 0 unspecified atom stereocenters. The van der Waals surface area contributed by atoms with Gasteiger partial charge in [0.2, 0.25) is 5.89 Å². The zero-order valence-corrected chi connectivity index (χ0v) is 9.32. The van der Waals surface area contributed by atoms with Gasteiger partial charge >= 0.3 is 5.97 Å². The summed E-state index contributed by atoms with van der Waals surface area (Å²) in [5.74, 6) is -1.49. The summed E-state index contributed by atoms with van der Waals surface area (Å²) in [6, 6.07) is 4.78. The van der Waals surface area contributed by atoms with Gasteiger partial charge in [-0.3, -0.25) is 0 Å². The number of rotatable bonds is 2. The van der Waals surface area contributed by atoms with Crippen molar-refractivity contribution < 1.29 is 18.7 Å². The van der Waals surface area contributed by atoms with Crippen LogP contribution in [0.4, 0.5) is 4.39 Å². The van der Waals surface area contributed by atoms with E-state index in [1.807, 2.05) is 0 Å². The number of aryl methyl sites for hydroxylation is 2. The van der Waals surface area contributed by atoms with Crippen molar-refractivity contribution in [1.29, 1.82) is 0 Å². The third kappa shape index (κ3) is 1.91. The van der Waals surface area contributed by atoms with Crippen LogP contribution in [0.15, 0.2) is 22.6 Å². The molecule has 2 rings (SSSR count). The number of halogens is 1. The van der Waals surface area contributed by atoms with Gasteiger partial charge in [-0.05, 0) is 25.5 Å². The van der Waals surface area contributed by atoms with E-state index in [2.05, 4.69) is 4.98 Å². The summed E-state index contributed by atoms with van der Waals surface area (Å²) in [4.78, 5) is 14.6. The number of aromatic carboxylic acids is 1. The average molecular weight is 235 g/mol. The lowest BCUT2D eigenvalue weighted by Gasteiger charge is -2.00. The maximum Gasteiger partial charge on any atom is 0.358 e. The van der Waals surface area contributed by atoms with Gasteiger partial charge in [0.1, 0.15) is 11.6 Å². The van der Waals surface area contributed by atoms with Crippen molar-refractivity contribution in [1.82, 2.24) is 4.98 Å². The van der Waals surface area contributed by atoms with Gasteiger partial charge in [-0.25, -0.2) is 14.2 Å². The molecule has 1 aromatic carbocycles. The van der Waals surface area contributed by atoms with Crippen LogP contribution in [0.25, 0.3) is 11.5 Å². The molecule has 0 fully saturated rings. The van der Waals surface area contributed by atoms with Crippen LogP contribution >= 0.6 is 0 Å². The Hall–Kier alpha value is -2.17. The van der Waals surface area contributed by atoms with E-state index in [0.29, 0.717) is 5.56 Å². The van der Waals surface area contributed by atoms with Crippen molar-refractivity contribution in [2.45, 2.75) is 13.8 Å². The Morgan fingerprint density at radius 2 is 2.12 bits per heavy atom. The van der Waals surface area contributed by atoms with E-state index in [9.17, 15) is 9.18 Å². The Balaban J connectivity index is 2.58. The molecular weight excluding hydrogens is 225 g/mol. The molecule has 0 amide bonds. The fourth-order valence-electron chi connectivity index (χ4n) is 1.52. The summed E-state index contributed by atoms with van der Waals surface area (Å²) in [6.45, 7) is 3.10. The average Bonchev–Trinajstić information content (AvgIpc) is 2.64. The minimum absolute atomic E-state index is 0.0129. The van der Waals surface area contributed by atoms with E-state index in [1.54, 1.807) is 19.1 Å². The predicted octanol–water partition coefficient (Wildman–Crippen LogP) is 2.80. The second-order valence-electron chi connectivity index (χ2n) is 3.67. The molecule has 5 heteroatoms. The second kappa shape index (κ2) is 4.01. The van der Waals surface area contributed by atoms with Crippen LogP contribution in [0.5, 0.6) is 0 Å². The summed E-state index contributed by atoms with van der Waals surface area (Å²) >= 11 is 0. The molecule has 0 aliphatic heterocycles. The maximum absolute atomic E-state index is 13.8. The van der Waals surface area contributed by atoms with Crippen molar-refractivity contribution in [3.8, 4) is 11.5 Å². The number of carbonyl (C=O) groups is 1. The van der Waals surface area contributed by atoms with E-state index < -0.39 is 11.8 Å². The molecule has 17 heavy (non-hydrogen) atoms. The third-order valence-electron chi connectivity index (χ3n) is 2.42. The fourth-order valence-corrected chi connectivity index (χ4v) is 1.52. The summed E-state index contributed by atoms with van der Waals surface area (Å²) in [7, 11) is 0.